The normalized spacial score (nSPS) is 16.2. The highest BCUT2D eigenvalue weighted by Gasteiger charge is 2.26. The Morgan fingerprint density at radius 3 is 2.75 bits per heavy atom. The molecule has 2 amide bonds. The number of fused-ring (bicyclic) bond motifs is 1. The van der Waals surface area contributed by atoms with Crippen molar-refractivity contribution in [3.05, 3.63) is 36.0 Å². The van der Waals surface area contributed by atoms with Crippen molar-refractivity contribution in [2.75, 3.05) is 26.2 Å². The van der Waals surface area contributed by atoms with E-state index in [4.69, 9.17) is 0 Å². The molecule has 0 spiro atoms. The van der Waals surface area contributed by atoms with Gasteiger partial charge in [0, 0.05) is 43.3 Å². The fourth-order valence-electron chi connectivity index (χ4n) is 2.44. The van der Waals surface area contributed by atoms with Gasteiger partial charge >= 0.3 is 6.41 Å². The van der Waals surface area contributed by atoms with Crippen molar-refractivity contribution in [1.82, 2.24) is 20.3 Å². The zero-order valence-electron chi connectivity index (χ0n) is 10.9. The molecular weight excluding hydrogens is 256 g/mol. The Kier molecular flexibility index (Phi) is 3.49. The van der Waals surface area contributed by atoms with Gasteiger partial charge in [-0.05, 0) is 6.07 Å². The second-order valence-corrected chi connectivity index (χ2v) is 4.66. The predicted molar refractivity (Wildman–Crippen MR) is 74.6 cm³/mol. The first-order valence-corrected chi connectivity index (χ1v) is 6.55. The van der Waals surface area contributed by atoms with Crippen LogP contribution < -0.4 is 5.32 Å². The summed E-state index contributed by atoms with van der Waals surface area (Å²) in [5.41, 5.74) is 1.37. The van der Waals surface area contributed by atoms with Crippen molar-refractivity contribution in [3.63, 3.8) is 0 Å². The lowest BCUT2D eigenvalue weighted by atomic mass is 10.1. The largest absolute Gasteiger partial charge is 0.360 e. The fourth-order valence-corrected chi connectivity index (χ4v) is 2.44. The lowest BCUT2D eigenvalue weighted by Gasteiger charge is -2.32. The molecule has 2 aromatic rings. The second-order valence-electron chi connectivity index (χ2n) is 4.66. The Labute approximate surface area is 116 Å². The molecule has 6 nitrogen and oxygen atoms in total. The average molecular weight is 271 g/mol. The number of hydrazine groups is 1. The smallest absolute Gasteiger partial charge is 0.335 e. The minimum absolute atomic E-state index is 0.348. The molecule has 0 unspecified atom stereocenters. The molecule has 103 valence electrons. The zero-order chi connectivity index (χ0) is 13.9. The molecule has 2 heterocycles. The van der Waals surface area contributed by atoms with Gasteiger partial charge in [-0.25, -0.2) is 5.01 Å². The highest BCUT2D eigenvalue weighted by atomic mass is 16.2. The molecule has 1 aromatic heterocycles. The number of nitrogens with one attached hydrogen (secondary N) is 2. The minimum atomic E-state index is -0.348. The molecule has 0 aliphatic carbocycles. The van der Waals surface area contributed by atoms with Crippen LogP contribution >= 0.6 is 0 Å². The summed E-state index contributed by atoms with van der Waals surface area (Å²) in [6.07, 6.45) is 3.38. The summed E-state index contributed by atoms with van der Waals surface area (Å²) < 4.78 is 0. The third-order valence-electron chi connectivity index (χ3n) is 3.47. The Hall–Kier alpha value is -2.18. The first kappa shape index (κ1) is 12.8. The van der Waals surface area contributed by atoms with Gasteiger partial charge in [-0.3, -0.25) is 9.59 Å². The number of aromatic nitrogens is 1. The number of hydrogen-bond acceptors (Lipinski definition) is 4. The number of imide groups is 1. The van der Waals surface area contributed by atoms with Crippen LogP contribution in [0.5, 0.6) is 0 Å². The van der Waals surface area contributed by atoms with Crippen LogP contribution in [-0.4, -0.2) is 53.5 Å². The standard InChI is InChI=1S/C14H15N4O2/c19-10-18(17-7-5-15-6-8-17)14(20)12-9-16-13-4-2-1-3-11(12)13/h1-4,9,15-16H,5-8H2. The summed E-state index contributed by atoms with van der Waals surface area (Å²) in [5.74, 6) is -0.348. The number of rotatable bonds is 3. The summed E-state index contributed by atoms with van der Waals surface area (Å²) in [7, 11) is 0. The Morgan fingerprint density at radius 2 is 2.00 bits per heavy atom. The molecule has 1 aromatic carbocycles. The quantitative estimate of drug-likeness (QED) is 0.798. The van der Waals surface area contributed by atoms with Crippen LogP contribution in [0.4, 0.5) is 0 Å². The molecule has 1 radical (unpaired) electrons. The van der Waals surface area contributed by atoms with E-state index in [1.165, 1.54) is 0 Å². The van der Waals surface area contributed by atoms with Gasteiger partial charge < -0.3 is 10.3 Å². The fraction of sp³-hybridized carbons (Fsp3) is 0.286. The van der Waals surface area contributed by atoms with E-state index in [9.17, 15) is 9.59 Å². The van der Waals surface area contributed by atoms with Crippen molar-refractivity contribution in [2.24, 2.45) is 0 Å². The van der Waals surface area contributed by atoms with Gasteiger partial charge in [-0.2, -0.15) is 5.01 Å². The van der Waals surface area contributed by atoms with Crippen molar-refractivity contribution >= 4 is 23.2 Å². The Bertz CT molecular complexity index is 631. The average Bonchev–Trinajstić information content (AvgIpc) is 2.93. The van der Waals surface area contributed by atoms with E-state index in [2.05, 4.69) is 10.3 Å². The van der Waals surface area contributed by atoms with Gasteiger partial charge in [0.2, 0.25) is 0 Å². The lowest BCUT2D eigenvalue weighted by Crippen LogP contribution is -2.53. The second kappa shape index (κ2) is 5.44. The Morgan fingerprint density at radius 1 is 1.25 bits per heavy atom. The van der Waals surface area contributed by atoms with Gasteiger partial charge in [-0.15, -0.1) is 0 Å². The number of H-pyrrole nitrogens is 1. The maximum absolute atomic E-state index is 12.5. The van der Waals surface area contributed by atoms with Crippen molar-refractivity contribution in [3.8, 4) is 0 Å². The lowest BCUT2D eigenvalue weighted by molar-refractivity contribution is 0.0235. The molecule has 3 rings (SSSR count). The number of hydrogen-bond donors (Lipinski definition) is 2. The van der Waals surface area contributed by atoms with E-state index in [1.807, 2.05) is 24.3 Å². The van der Waals surface area contributed by atoms with E-state index in [-0.39, 0.29) is 5.91 Å². The van der Waals surface area contributed by atoms with Gasteiger partial charge in [0.15, 0.2) is 0 Å². The SMILES string of the molecule is O=[C]N(C(=O)c1c[nH]c2ccccc12)N1CCNCC1. The van der Waals surface area contributed by atoms with Gasteiger partial charge in [0.25, 0.3) is 5.91 Å². The van der Waals surface area contributed by atoms with Crippen molar-refractivity contribution in [1.29, 1.82) is 0 Å². The number of benzene rings is 1. The monoisotopic (exact) mass is 271 g/mol. The third kappa shape index (κ3) is 2.19. The highest BCUT2D eigenvalue weighted by molar-refractivity contribution is 6.09. The van der Waals surface area contributed by atoms with E-state index in [0.717, 1.165) is 29.0 Å². The van der Waals surface area contributed by atoms with E-state index >= 15 is 0 Å². The molecule has 0 bridgehead atoms. The number of carbonyl (C=O) groups is 1. The molecule has 0 atom stereocenters. The summed E-state index contributed by atoms with van der Waals surface area (Å²) in [6.45, 7) is 2.73. The van der Waals surface area contributed by atoms with Crippen LogP contribution in [0.2, 0.25) is 0 Å². The summed E-state index contributed by atoms with van der Waals surface area (Å²) in [6, 6.07) is 7.52. The topological polar surface area (TPSA) is 68.4 Å². The van der Waals surface area contributed by atoms with E-state index in [0.29, 0.717) is 18.7 Å². The molecule has 20 heavy (non-hydrogen) atoms. The van der Waals surface area contributed by atoms with E-state index < -0.39 is 0 Å². The first-order valence-electron chi connectivity index (χ1n) is 6.55. The summed E-state index contributed by atoms with van der Waals surface area (Å²) in [4.78, 5) is 26.8. The molecule has 6 heteroatoms. The van der Waals surface area contributed by atoms with Gasteiger partial charge in [0.1, 0.15) is 0 Å². The number of aromatic amines is 1. The summed E-state index contributed by atoms with van der Waals surface area (Å²) >= 11 is 0. The number of amides is 2. The van der Waals surface area contributed by atoms with Crippen molar-refractivity contribution < 1.29 is 9.59 Å². The van der Waals surface area contributed by atoms with Gasteiger partial charge in [0.05, 0.1) is 5.56 Å². The number of para-hydroxylation sites is 1. The molecule has 2 N–H and O–H groups in total. The maximum atomic E-state index is 12.5. The van der Waals surface area contributed by atoms with Crippen LogP contribution in [0.25, 0.3) is 10.9 Å². The molecule has 1 fully saturated rings. The molecule has 1 aliphatic heterocycles. The molecular formula is C14H15N4O2. The van der Waals surface area contributed by atoms with Crippen molar-refractivity contribution in [2.45, 2.75) is 0 Å². The Balaban J connectivity index is 1.91. The number of nitrogens with zero attached hydrogens (tertiary/aromatic N) is 2. The van der Waals surface area contributed by atoms with Gasteiger partial charge in [-0.1, -0.05) is 18.2 Å². The summed E-state index contributed by atoms with van der Waals surface area (Å²) in [5, 5.41) is 6.76. The van der Waals surface area contributed by atoms with Crippen LogP contribution in [0.15, 0.2) is 30.5 Å². The first-order chi connectivity index (χ1) is 9.81. The highest BCUT2D eigenvalue weighted by Crippen LogP contribution is 2.19. The maximum Gasteiger partial charge on any atom is 0.335 e. The zero-order valence-corrected chi connectivity index (χ0v) is 10.9. The molecule has 0 saturated carbocycles. The van der Waals surface area contributed by atoms with Crippen LogP contribution in [0.3, 0.4) is 0 Å². The predicted octanol–water partition coefficient (Wildman–Crippen LogP) is 0.497. The van der Waals surface area contributed by atoms with E-state index in [1.54, 1.807) is 17.6 Å². The van der Waals surface area contributed by atoms with Crippen LogP contribution in [-0.2, 0) is 4.79 Å². The molecule has 1 saturated heterocycles. The third-order valence-corrected chi connectivity index (χ3v) is 3.47. The van der Waals surface area contributed by atoms with Crippen LogP contribution in [0.1, 0.15) is 10.4 Å². The molecule has 1 aliphatic rings. The van der Waals surface area contributed by atoms with Crippen LogP contribution in [0, 0.1) is 0 Å². The number of carbonyl (C=O) groups excluding carboxylic acids is 2. The number of piperazine rings is 1. The minimum Gasteiger partial charge on any atom is -0.360 e.